The monoisotopic (exact) mass is 374 g/mol. The summed E-state index contributed by atoms with van der Waals surface area (Å²) >= 11 is 0. The van der Waals surface area contributed by atoms with Crippen LogP contribution in [0, 0.1) is 0 Å². The summed E-state index contributed by atoms with van der Waals surface area (Å²) in [6, 6.07) is 15.4. The fourth-order valence-electron chi connectivity index (χ4n) is 4.09. The van der Waals surface area contributed by atoms with Crippen molar-refractivity contribution >= 4 is 23.2 Å². The van der Waals surface area contributed by atoms with Gasteiger partial charge in [0.05, 0.1) is 11.2 Å². The number of hydrogen-bond donors (Lipinski definition) is 0. The third-order valence-electron chi connectivity index (χ3n) is 5.57. The second-order valence-corrected chi connectivity index (χ2v) is 8.44. The number of anilines is 1. The van der Waals surface area contributed by atoms with Crippen LogP contribution in [-0.2, 0) is 6.42 Å². The maximum atomic E-state index is 4.70. The lowest BCUT2D eigenvalue weighted by atomic mass is 9.88. The lowest BCUT2D eigenvalue weighted by Crippen LogP contribution is -2.45. The molecule has 2 aromatic rings. The Bertz CT molecular complexity index is 857. The van der Waals surface area contributed by atoms with Gasteiger partial charge in [0.25, 0.3) is 0 Å². The highest BCUT2D eigenvalue weighted by atomic mass is 15.2. The first-order chi connectivity index (χ1) is 13.4. The predicted octanol–water partition coefficient (Wildman–Crippen LogP) is 7.19. The number of rotatable bonds is 7. The fourth-order valence-corrected chi connectivity index (χ4v) is 4.09. The lowest BCUT2D eigenvalue weighted by molar-refractivity contribution is 0.550. The minimum atomic E-state index is 0.0578. The van der Waals surface area contributed by atoms with Crippen molar-refractivity contribution in [1.29, 1.82) is 0 Å². The molecule has 0 bridgehead atoms. The fraction of sp³-hybridized carbons (Fsp3) is 0.423. The molecule has 0 spiro atoms. The molecule has 0 saturated heterocycles. The average molecular weight is 375 g/mol. The highest BCUT2D eigenvalue weighted by Crippen LogP contribution is 2.39. The summed E-state index contributed by atoms with van der Waals surface area (Å²) < 4.78 is 0. The Hall–Kier alpha value is -2.35. The van der Waals surface area contributed by atoms with Gasteiger partial charge in [0.1, 0.15) is 0 Å². The normalized spacial score (nSPS) is 15.6. The number of unbranched alkanes of at least 4 members (excludes halogenated alkanes) is 1. The summed E-state index contributed by atoms with van der Waals surface area (Å²) in [7, 11) is 0. The van der Waals surface area contributed by atoms with E-state index in [1.54, 1.807) is 0 Å². The Morgan fingerprint density at radius 3 is 2.43 bits per heavy atom. The second-order valence-electron chi connectivity index (χ2n) is 8.44. The summed E-state index contributed by atoms with van der Waals surface area (Å²) in [5.74, 6) is 0. The summed E-state index contributed by atoms with van der Waals surface area (Å²) in [6.07, 6.45) is 9.16. The van der Waals surface area contributed by atoms with Gasteiger partial charge in [0, 0.05) is 24.0 Å². The molecule has 1 heterocycles. The summed E-state index contributed by atoms with van der Waals surface area (Å²) in [5.41, 5.74) is 7.63. The van der Waals surface area contributed by atoms with Gasteiger partial charge in [-0.2, -0.15) is 0 Å². The molecule has 148 valence electrons. The first kappa shape index (κ1) is 20.4. The molecule has 2 nitrogen and oxygen atoms in total. The number of allylic oxidation sites excluding steroid dienone is 1. The van der Waals surface area contributed by atoms with Crippen LogP contribution in [0.5, 0.6) is 0 Å². The summed E-state index contributed by atoms with van der Waals surface area (Å²) in [4.78, 5) is 7.22. The van der Waals surface area contributed by atoms with Crippen molar-refractivity contribution in [2.75, 3.05) is 11.4 Å². The van der Waals surface area contributed by atoms with Gasteiger partial charge in [-0.1, -0.05) is 44.5 Å². The number of aliphatic imine (C=N–C) groups is 1. The molecule has 0 unspecified atom stereocenters. The van der Waals surface area contributed by atoms with Crippen LogP contribution in [-0.4, -0.2) is 18.3 Å². The molecule has 2 heteroatoms. The van der Waals surface area contributed by atoms with E-state index in [2.05, 4.69) is 88.1 Å². The van der Waals surface area contributed by atoms with E-state index in [9.17, 15) is 0 Å². The minimum absolute atomic E-state index is 0.0578. The van der Waals surface area contributed by atoms with Gasteiger partial charge in [-0.15, -0.1) is 0 Å². The number of hydrogen-bond acceptors (Lipinski definition) is 2. The molecule has 0 radical (unpaired) electrons. The van der Waals surface area contributed by atoms with E-state index in [0.29, 0.717) is 0 Å². The Balaban J connectivity index is 1.82. The van der Waals surface area contributed by atoms with Crippen molar-refractivity contribution in [3.8, 4) is 0 Å². The van der Waals surface area contributed by atoms with E-state index in [-0.39, 0.29) is 5.54 Å². The van der Waals surface area contributed by atoms with Crippen molar-refractivity contribution in [2.45, 2.75) is 65.8 Å². The van der Waals surface area contributed by atoms with Crippen molar-refractivity contribution in [3.05, 3.63) is 65.2 Å². The zero-order valence-corrected chi connectivity index (χ0v) is 18.1. The van der Waals surface area contributed by atoms with Crippen LogP contribution < -0.4 is 4.90 Å². The van der Waals surface area contributed by atoms with Crippen LogP contribution in [0.4, 0.5) is 11.4 Å². The number of aryl methyl sites for hydroxylation is 1. The van der Waals surface area contributed by atoms with E-state index in [1.165, 1.54) is 35.2 Å². The average Bonchev–Trinajstić information content (AvgIpc) is 2.68. The molecular weight excluding hydrogens is 340 g/mol. The molecule has 0 N–H and O–H groups in total. The van der Waals surface area contributed by atoms with E-state index >= 15 is 0 Å². The molecule has 0 fully saturated rings. The Labute approximate surface area is 171 Å². The van der Waals surface area contributed by atoms with Crippen molar-refractivity contribution in [3.63, 3.8) is 0 Å². The first-order valence-electron chi connectivity index (χ1n) is 10.7. The van der Waals surface area contributed by atoms with E-state index in [0.717, 1.165) is 30.6 Å². The van der Waals surface area contributed by atoms with Gasteiger partial charge in [-0.05, 0) is 81.0 Å². The molecule has 0 atom stereocenters. The highest BCUT2D eigenvalue weighted by Gasteiger charge is 2.30. The quantitative estimate of drug-likeness (QED) is 0.468. The predicted molar refractivity (Wildman–Crippen MR) is 124 cm³/mol. The Kier molecular flexibility index (Phi) is 6.39. The highest BCUT2D eigenvalue weighted by molar-refractivity contribution is 5.88. The molecule has 0 aromatic heterocycles. The molecule has 3 rings (SSSR count). The molecule has 0 amide bonds. The standard InChI is InChI=1S/C26H34N2/c1-6-8-9-21-10-13-23(14-11-21)27-19-22-12-15-25-24(17-22)20(3)18-26(4,5)28(25)16-7-2/h10-15,17-19H,6-9,16H2,1-5H3. The smallest absolute Gasteiger partial charge is 0.0630 e. The van der Waals surface area contributed by atoms with Crippen molar-refractivity contribution in [1.82, 2.24) is 0 Å². The van der Waals surface area contributed by atoms with Crippen LogP contribution >= 0.6 is 0 Å². The maximum Gasteiger partial charge on any atom is 0.0630 e. The first-order valence-corrected chi connectivity index (χ1v) is 10.7. The van der Waals surface area contributed by atoms with Crippen LogP contribution in [0.1, 0.15) is 70.6 Å². The third kappa shape index (κ3) is 4.55. The van der Waals surface area contributed by atoms with Crippen molar-refractivity contribution in [2.24, 2.45) is 4.99 Å². The van der Waals surface area contributed by atoms with Crippen LogP contribution in [0.3, 0.4) is 0 Å². The maximum absolute atomic E-state index is 4.70. The zero-order valence-electron chi connectivity index (χ0n) is 18.1. The molecule has 1 aliphatic heterocycles. The number of benzene rings is 2. The molecule has 0 saturated carbocycles. The lowest BCUT2D eigenvalue weighted by Gasteiger charge is -2.43. The van der Waals surface area contributed by atoms with Crippen molar-refractivity contribution < 1.29 is 0 Å². The van der Waals surface area contributed by atoms with Crippen LogP contribution in [0.15, 0.2) is 53.5 Å². The van der Waals surface area contributed by atoms with Crippen LogP contribution in [0.2, 0.25) is 0 Å². The molecular formula is C26H34N2. The SMILES string of the molecule is CCCCc1ccc(N=Cc2ccc3c(c2)C(C)=CC(C)(C)N3CCC)cc1. The molecule has 28 heavy (non-hydrogen) atoms. The van der Waals surface area contributed by atoms with Gasteiger partial charge >= 0.3 is 0 Å². The summed E-state index contributed by atoms with van der Waals surface area (Å²) in [6.45, 7) is 12.4. The van der Waals surface area contributed by atoms with Gasteiger partial charge in [-0.3, -0.25) is 4.99 Å². The van der Waals surface area contributed by atoms with Gasteiger partial charge in [0.15, 0.2) is 0 Å². The van der Waals surface area contributed by atoms with E-state index in [4.69, 9.17) is 4.99 Å². The Morgan fingerprint density at radius 2 is 1.75 bits per heavy atom. The van der Waals surface area contributed by atoms with Gasteiger partial charge in [-0.25, -0.2) is 0 Å². The largest absolute Gasteiger partial charge is 0.362 e. The van der Waals surface area contributed by atoms with Gasteiger partial charge in [0.2, 0.25) is 0 Å². The number of fused-ring (bicyclic) bond motifs is 1. The Morgan fingerprint density at radius 1 is 1.00 bits per heavy atom. The molecule has 1 aliphatic rings. The van der Waals surface area contributed by atoms with Crippen LogP contribution in [0.25, 0.3) is 5.57 Å². The van der Waals surface area contributed by atoms with Gasteiger partial charge < -0.3 is 4.90 Å². The molecule has 2 aromatic carbocycles. The molecule has 0 aliphatic carbocycles. The zero-order chi connectivity index (χ0) is 20.1. The van der Waals surface area contributed by atoms with E-state index < -0.39 is 0 Å². The minimum Gasteiger partial charge on any atom is -0.362 e. The third-order valence-corrected chi connectivity index (χ3v) is 5.57. The summed E-state index contributed by atoms with van der Waals surface area (Å²) in [5, 5.41) is 0. The van der Waals surface area contributed by atoms with E-state index in [1.807, 2.05) is 6.21 Å². The number of nitrogens with zero attached hydrogens (tertiary/aromatic N) is 2. The topological polar surface area (TPSA) is 15.6 Å². The second kappa shape index (κ2) is 8.77.